The monoisotopic (exact) mass is 368 g/mol. The quantitative estimate of drug-likeness (QED) is 0.315. The summed E-state index contributed by atoms with van der Waals surface area (Å²) in [6, 6.07) is 31.5. The molecule has 0 saturated carbocycles. The van der Waals surface area contributed by atoms with Gasteiger partial charge in [-0.25, -0.2) is 0 Å². The molecule has 0 radical (unpaired) electrons. The largest absolute Gasteiger partial charge is 0.360 e. The SMILES string of the molecule is C/C=C\C=C\[C@@H](C)COC(c1ccccc1)(c1ccccc1)c1ccccc1. The van der Waals surface area contributed by atoms with E-state index in [1.165, 1.54) is 0 Å². The van der Waals surface area contributed by atoms with E-state index in [2.05, 4.69) is 97.9 Å². The highest BCUT2D eigenvalue weighted by molar-refractivity contribution is 5.47. The minimum atomic E-state index is -0.646. The molecule has 1 heteroatoms. The van der Waals surface area contributed by atoms with Gasteiger partial charge in [-0.2, -0.15) is 0 Å². The lowest BCUT2D eigenvalue weighted by molar-refractivity contribution is 0.00184. The summed E-state index contributed by atoms with van der Waals surface area (Å²) in [6.07, 6.45) is 8.36. The summed E-state index contributed by atoms with van der Waals surface area (Å²) in [5.41, 5.74) is 2.76. The second-order valence-corrected chi connectivity index (χ2v) is 6.98. The summed E-state index contributed by atoms with van der Waals surface area (Å²) in [7, 11) is 0. The standard InChI is InChI=1S/C27H28O/c1-3-4-8-15-23(2)22-28-27(24-16-9-5-10-17-24,25-18-11-6-12-19-25)26-20-13-7-14-21-26/h3-21,23H,22H2,1-2H3/b4-3-,15-8+/t23-/m1/s1. The van der Waals surface area contributed by atoms with Crippen LogP contribution >= 0.6 is 0 Å². The van der Waals surface area contributed by atoms with Crippen molar-refractivity contribution < 1.29 is 4.74 Å². The van der Waals surface area contributed by atoms with Gasteiger partial charge in [0, 0.05) is 0 Å². The molecule has 0 aliphatic carbocycles. The van der Waals surface area contributed by atoms with Gasteiger partial charge in [-0.15, -0.1) is 0 Å². The number of benzene rings is 3. The van der Waals surface area contributed by atoms with E-state index >= 15 is 0 Å². The molecular formula is C27H28O. The van der Waals surface area contributed by atoms with E-state index in [0.29, 0.717) is 12.5 Å². The summed E-state index contributed by atoms with van der Waals surface area (Å²) in [5.74, 6) is 0.298. The zero-order chi connectivity index (χ0) is 19.7. The van der Waals surface area contributed by atoms with Crippen molar-refractivity contribution in [1.82, 2.24) is 0 Å². The van der Waals surface area contributed by atoms with Crippen LogP contribution in [0.4, 0.5) is 0 Å². The molecule has 0 fully saturated rings. The lowest BCUT2D eigenvalue weighted by atomic mass is 9.80. The average Bonchev–Trinajstić information content (AvgIpc) is 2.77. The predicted molar refractivity (Wildman–Crippen MR) is 118 cm³/mol. The molecule has 142 valence electrons. The smallest absolute Gasteiger partial charge is 0.143 e. The number of hydrogen-bond donors (Lipinski definition) is 0. The average molecular weight is 369 g/mol. The molecule has 0 amide bonds. The van der Waals surface area contributed by atoms with E-state index in [0.717, 1.165) is 16.7 Å². The van der Waals surface area contributed by atoms with E-state index in [9.17, 15) is 0 Å². The van der Waals surface area contributed by atoms with Gasteiger partial charge in [0.15, 0.2) is 0 Å². The van der Waals surface area contributed by atoms with Gasteiger partial charge in [0.2, 0.25) is 0 Å². The molecular weight excluding hydrogens is 340 g/mol. The summed E-state index contributed by atoms with van der Waals surface area (Å²) in [6.45, 7) is 4.83. The van der Waals surface area contributed by atoms with E-state index in [1.807, 2.05) is 31.2 Å². The molecule has 0 bridgehead atoms. The van der Waals surface area contributed by atoms with Crippen LogP contribution in [0, 0.1) is 5.92 Å². The van der Waals surface area contributed by atoms with Crippen LogP contribution in [-0.4, -0.2) is 6.61 Å². The van der Waals surface area contributed by atoms with Crippen molar-refractivity contribution in [1.29, 1.82) is 0 Å². The zero-order valence-electron chi connectivity index (χ0n) is 16.7. The number of hydrogen-bond acceptors (Lipinski definition) is 1. The molecule has 3 aromatic carbocycles. The van der Waals surface area contributed by atoms with Gasteiger partial charge in [0.25, 0.3) is 0 Å². The minimum absolute atomic E-state index is 0.298. The third kappa shape index (κ3) is 4.49. The first-order valence-corrected chi connectivity index (χ1v) is 9.87. The Morgan fingerprint density at radius 1 is 0.714 bits per heavy atom. The van der Waals surface area contributed by atoms with Crippen LogP contribution in [-0.2, 0) is 10.3 Å². The summed E-state index contributed by atoms with van der Waals surface area (Å²) >= 11 is 0. The number of allylic oxidation sites excluding steroid dienone is 3. The number of ether oxygens (including phenoxy) is 1. The Labute approximate surface area is 169 Å². The van der Waals surface area contributed by atoms with Crippen molar-refractivity contribution >= 4 is 0 Å². The van der Waals surface area contributed by atoms with Crippen molar-refractivity contribution in [2.75, 3.05) is 6.61 Å². The van der Waals surface area contributed by atoms with Gasteiger partial charge in [0.05, 0.1) is 6.61 Å². The number of rotatable bonds is 8. The van der Waals surface area contributed by atoms with Crippen molar-refractivity contribution in [3.05, 3.63) is 132 Å². The van der Waals surface area contributed by atoms with Crippen LogP contribution in [0.3, 0.4) is 0 Å². The first-order chi connectivity index (χ1) is 13.8. The van der Waals surface area contributed by atoms with Crippen LogP contribution in [0.15, 0.2) is 115 Å². The zero-order valence-corrected chi connectivity index (χ0v) is 16.7. The van der Waals surface area contributed by atoms with Crippen molar-refractivity contribution in [3.8, 4) is 0 Å². The Bertz CT molecular complexity index is 783. The molecule has 1 nitrogen and oxygen atoms in total. The van der Waals surface area contributed by atoms with Gasteiger partial charge in [-0.05, 0) is 29.5 Å². The molecule has 3 rings (SSSR count). The second kappa shape index (κ2) is 9.87. The Kier molecular flexibility index (Phi) is 7.00. The third-order valence-corrected chi connectivity index (χ3v) is 4.85. The fourth-order valence-corrected chi connectivity index (χ4v) is 3.45. The fraction of sp³-hybridized carbons (Fsp3) is 0.185. The van der Waals surface area contributed by atoms with Crippen molar-refractivity contribution in [2.24, 2.45) is 5.92 Å². The van der Waals surface area contributed by atoms with E-state index in [4.69, 9.17) is 4.74 Å². The fourth-order valence-electron chi connectivity index (χ4n) is 3.45. The topological polar surface area (TPSA) is 9.23 Å². The van der Waals surface area contributed by atoms with E-state index in [1.54, 1.807) is 0 Å². The van der Waals surface area contributed by atoms with Crippen LogP contribution < -0.4 is 0 Å². The molecule has 3 aromatic rings. The maximum Gasteiger partial charge on any atom is 0.143 e. The maximum atomic E-state index is 6.81. The van der Waals surface area contributed by atoms with E-state index in [-0.39, 0.29) is 0 Å². The molecule has 0 N–H and O–H groups in total. The van der Waals surface area contributed by atoms with Crippen molar-refractivity contribution in [2.45, 2.75) is 19.4 Å². The van der Waals surface area contributed by atoms with Gasteiger partial charge < -0.3 is 4.74 Å². The molecule has 0 saturated heterocycles. The van der Waals surface area contributed by atoms with Gasteiger partial charge >= 0.3 is 0 Å². The van der Waals surface area contributed by atoms with Gasteiger partial charge in [-0.3, -0.25) is 0 Å². The molecule has 0 spiro atoms. The van der Waals surface area contributed by atoms with Crippen LogP contribution in [0.5, 0.6) is 0 Å². The van der Waals surface area contributed by atoms with Crippen LogP contribution in [0.2, 0.25) is 0 Å². The van der Waals surface area contributed by atoms with E-state index < -0.39 is 5.60 Å². The minimum Gasteiger partial charge on any atom is -0.360 e. The highest BCUT2D eigenvalue weighted by Gasteiger charge is 2.37. The molecule has 0 aliphatic rings. The first kappa shape index (κ1) is 19.9. The molecule has 0 heterocycles. The van der Waals surface area contributed by atoms with Crippen LogP contribution in [0.25, 0.3) is 0 Å². The summed E-state index contributed by atoms with van der Waals surface area (Å²) in [5, 5.41) is 0. The Balaban J connectivity index is 2.09. The lowest BCUT2D eigenvalue weighted by Crippen LogP contribution is -2.34. The highest BCUT2D eigenvalue weighted by Crippen LogP contribution is 2.40. The lowest BCUT2D eigenvalue weighted by Gasteiger charge is -2.36. The Morgan fingerprint density at radius 2 is 1.14 bits per heavy atom. The normalized spacial score (nSPS) is 13.2. The highest BCUT2D eigenvalue weighted by atomic mass is 16.5. The third-order valence-electron chi connectivity index (χ3n) is 4.85. The summed E-state index contributed by atoms with van der Waals surface area (Å²) in [4.78, 5) is 0. The molecule has 0 aromatic heterocycles. The predicted octanol–water partition coefficient (Wildman–Crippen LogP) is 6.76. The maximum absolute atomic E-state index is 6.81. The van der Waals surface area contributed by atoms with Gasteiger partial charge in [-0.1, -0.05) is 122 Å². The molecule has 0 aliphatic heterocycles. The summed E-state index contributed by atoms with van der Waals surface area (Å²) < 4.78 is 6.81. The first-order valence-electron chi connectivity index (χ1n) is 9.87. The Hall–Kier alpha value is -2.90. The molecule has 1 atom stereocenters. The molecule has 0 unspecified atom stereocenters. The Morgan fingerprint density at radius 3 is 1.54 bits per heavy atom. The second-order valence-electron chi connectivity index (χ2n) is 6.98. The van der Waals surface area contributed by atoms with Crippen LogP contribution in [0.1, 0.15) is 30.5 Å². The van der Waals surface area contributed by atoms with Crippen molar-refractivity contribution in [3.63, 3.8) is 0 Å². The van der Waals surface area contributed by atoms with Gasteiger partial charge in [0.1, 0.15) is 5.60 Å². The molecule has 28 heavy (non-hydrogen) atoms.